The molecule has 0 bridgehead atoms. The summed E-state index contributed by atoms with van der Waals surface area (Å²) < 4.78 is 25.4. The number of hydrogen-bond acceptors (Lipinski definition) is 4. The van der Waals surface area contributed by atoms with Crippen LogP contribution in [0.15, 0.2) is 23.1 Å². The third kappa shape index (κ3) is 1.56. The minimum absolute atomic E-state index is 0.270. The molecule has 3 rings (SSSR count). The van der Waals surface area contributed by atoms with Crippen LogP contribution in [0.4, 0.5) is 0 Å². The van der Waals surface area contributed by atoms with Crippen molar-refractivity contribution in [1.29, 1.82) is 0 Å². The molecule has 2 N–H and O–H groups in total. The summed E-state index contributed by atoms with van der Waals surface area (Å²) in [6, 6.07) is 5.19. The van der Waals surface area contributed by atoms with Crippen LogP contribution in [-0.2, 0) is 22.4 Å². The summed E-state index contributed by atoms with van der Waals surface area (Å²) in [4.78, 5) is 4.74. The Morgan fingerprint density at radius 2 is 2.06 bits per heavy atom. The van der Waals surface area contributed by atoms with E-state index < -0.39 is 9.84 Å². The van der Waals surface area contributed by atoms with Crippen LogP contribution in [0, 0.1) is 0 Å². The van der Waals surface area contributed by atoms with Crippen molar-refractivity contribution in [2.75, 3.05) is 6.26 Å². The normalized spacial score (nSPS) is 18.2. The Balaban J connectivity index is 2.37. The van der Waals surface area contributed by atoms with Crippen LogP contribution in [0.1, 0.15) is 18.7 Å². The van der Waals surface area contributed by atoms with E-state index in [1.807, 2.05) is 17.7 Å². The van der Waals surface area contributed by atoms with Crippen molar-refractivity contribution in [3.63, 3.8) is 0 Å². The van der Waals surface area contributed by atoms with Gasteiger partial charge in [0.1, 0.15) is 11.3 Å². The minimum atomic E-state index is -3.27. The van der Waals surface area contributed by atoms with Gasteiger partial charge in [-0.2, -0.15) is 0 Å². The van der Waals surface area contributed by atoms with Gasteiger partial charge in [0.2, 0.25) is 0 Å². The highest BCUT2D eigenvalue weighted by Gasteiger charge is 2.44. The highest BCUT2D eigenvalue weighted by molar-refractivity contribution is 7.91. The molecule has 0 unspecified atom stereocenters. The Bertz CT molecular complexity index is 742. The standard InChI is InChI=1S/C12H15N3O2S/c1-15-8-4-3-5-9(18(2,16)17)10(8)14-11(15)12(13)6-7-12/h3-5H,6-7,13H2,1-2H3. The van der Waals surface area contributed by atoms with E-state index in [4.69, 9.17) is 5.73 Å². The Morgan fingerprint density at radius 3 is 2.61 bits per heavy atom. The van der Waals surface area contributed by atoms with Crippen molar-refractivity contribution < 1.29 is 8.42 Å². The van der Waals surface area contributed by atoms with Crippen LogP contribution in [0.3, 0.4) is 0 Å². The Labute approximate surface area is 106 Å². The maximum atomic E-state index is 11.8. The fourth-order valence-corrected chi connectivity index (χ4v) is 3.12. The number of nitrogens with two attached hydrogens (primary N) is 1. The zero-order valence-corrected chi connectivity index (χ0v) is 11.2. The molecule has 18 heavy (non-hydrogen) atoms. The van der Waals surface area contributed by atoms with Crippen molar-refractivity contribution in [2.24, 2.45) is 12.8 Å². The maximum absolute atomic E-state index is 11.8. The summed E-state index contributed by atoms with van der Waals surface area (Å²) in [6.45, 7) is 0. The molecule has 1 aromatic carbocycles. The molecule has 0 atom stereocenters. The van der Waals surface area contributed by atoms with E-state index in [1.54, 1.807) is 12.1 Å². The number of sulfone groups is 1. The lowest BCUT2D eigenvalue weighted by atomic mass is 10.3. The van der Waals surface area contributed by atoms with Gasteiger partial charge in [0.05, 0.1) is 16.0 Å². The van der Waals surface area contributed by atoms with Crippen molar-refractivity contribution >= 4 is 20.9 Å². The number of imidazole rings is 1. The largest absolute Gasteiger partial charge is 0.330 e. The summed E-state index contributed by atoms with van der Waals surface area (Å²) in [5.74, 6) is 0.772. The van der Waals surface area contributed by atoms with Gasteiger partial charge in [-0.05, 0) is 25.0 Å². The van der Waals surface area contributed by atoms with Crippen LogP contribution in [0.2, 0.25) is 0 Å². The number of benzene rings is 1. The van der Waals surface area contributed by atoms with E-state index in [9.17, 15) is 8.42 Å². The average Bonchev–Trinajstić information content (AvgIpc) is 2.93. The predicted molar refractivity (Wildman–Crippen MR) is 68.9 cm³/mol. The lowest BCUT2D eigenvalue weighted by Crippen LogP contribution is -2.23. The van der Waals surface area contributed by atoms with Crippen LogP contribution in [-0.4, -0.2) is 24.2 Å². The zero-order valence-electron chi connectivity index (χ0n) is 10.3. The third-order valence-corrected chi connectivity index (χ3v) is 4.64. The monoisotopic (exact) mass is 265 g/mol. The molecule has 1 heterocycles. The molecule has 1 fully saturated rings. The van der Waals surface area contributed by atoms with Crippen molar-refractivity contribution in [1.82, 2.24) is 9.55 Å². The average molecular weight is 265 g/mol. The van der Waals surface area contributed by atoms with E-state index in [0.717, 1.165) is 24.2 Å². The van der Waals surface area contributed by atoms with Crippen LogP contribution < -0.4 is 5.73 Å². The predicted octanol–water partition coefficient (Wildman–Crippen LogP) is 0.925. The fourth-order valence-electron chi connectivity index (χ4n) is 2.29. The highest BCUT2D eigenvalue weighted by Crippen LogP contribution is 2.43. The summed E-state index contributed by atoms with van der Waals surface area (Å²) >= 11 is 0. The SMILES string of the molecule is Cn1c(C2(N)CC2)nc2c(S(C)(=O)=O)cccc21. The highest BCUT2D eigenvalue weighted by atomic mass is 32.2. The van der Waals surface area contributed by atoms with Gasteiger partial charge in [0.25, 0.3) is 0 Å². The number of para-hydroxylation sites is 1. The molecule has 6 heteroatoms. The molecule has 1 aliphatic rings. The molecule has 0 saturated heterocycles. The molecule has 1 aliphatic carbocycles. The van der Waals surface area contributed by atoms with E-state index >= 15 is 0 Å². The molecule has 1 saturated carbocycles. The number of nitrogens with zero attached hydrogens (tertiary/aromatic N) is 2. The van der Waals surface area contributed by atoms with Gasteiger partial charge in [0.15, 0.2) is 9.84 Å². The molecule has 96 valence electrons. The Hall–Kier alpha value is -1.40. The van der Waals surface area contributed by atoms with E-state index in [0.29, 0.717) is 5.52 Å². The summed E-state index contributed by atoms with van der Waals surface area (Å²) in [6.07, 6.45) is 3.00. The first-order valence-electron chi connectivity index (χ1n) is 5.78. The number of aryl methyl sites for hydroxylation is 1. The quantitative estimate of drug-likeness (QED) is 0.876. The smallest absolute Gasteiger partial charge is 0.177 e. The van der Waals surface area contributed by atoms with Crippen LogP contribution in [0.5, 0.6) is 0 Å². The number of aromatic nitrogens is 2. The first kappa shape index (κ1) is 11.7. The van der Waals surface area contributed by atoms with Crippen molar-refractivity contribution in [2.45, 2.75) is 23.3 Å². The Morgan fingerprint density at radius 1 is 1.39 bits per heavy atom. The molecular weight excluding hydrogens is 250 g/mol. The van der Waals surface area contributed by atoms with Gasteiger partial charge in [-0.25, -0.2) is 13.4 Å². The number of rotatable bonds is 2. The van der Waals surface area contributed by atoms with Gasteiger partial charge in [-0.1, -0.05) is 6.07 Å². The number of hydrogen-bond donors (Lipinski definition) is 1. The fraction of sp³-hybridized carbons (Fsp3) is 0.417. The zero-order chi connectivity index (χ0) is 13.1. The second kappa shape index (κ2) is 3.33. The van der Waals surface area contributed by atoms with Gasteiger partial charge < -0.3 is 10.3 Å². The molecule has 2 aromatic rings. The van der Waals surface area contributed by atoms with Crippen LogP contribution >= 0.6 is 0 Å². The molecule has 0 aliphatic heterocycles. The topological polar surface area (TPSA) is 78.0 Å². The lowest BCUT2D eigenvalue weighted by molar-refractivity contribution is 0.602. The summed E-state index contributed by atoms with van der Waals surface area (Å²) in [5, 5.41) is 0. The van der Waals surface area contributed by atoms with Crippen molar-refractivity contribution in [3.05, 3.63) is 24.0 Å². The molecule has 0 spiro atoms. The van der Waals surface area contributed by atoms with E-state index in [-0.39, 0.29) is 10.4 Å². The third-order valence-electron chi connectivity index (χ3n) is 3.51. The van der Waals surface area contributed by atoms with Gasteiger partial charge in [0, 0.05) is 13.3 Å². The van der Waals surface area contributed by atoms with Gasteiger partial charge in [-0.15, -0.1) is 0 Å². The maximum Gasteiger partial charge on any atom is 0.177 e. The van der Waals surface area contributed by atoms with Crippen LogP contribution in [0.25, 0.3) is 11.0 Å². The molecular formula is C12H15N3O2S. The van der Waals surface area contributed by atoms with E-state index in [1.165, 1.54) is 6.26 Å². The first-order chi connectivity index (χ1) is 8.33. The lowest BCUT2D eigenvalue weighted by Gasteiger charge is -2.07. The second-order valence-corrected chi connectivity index (χ2v) is 7.03. The van der Waals surface area contributed by atoms with Gasteiger partial charge >= 0.3 is 0 Å². The summed E-state index contributed by atoms with van der Waals surface area (Å²) in [7, 11) is -1.40. The Kier molecular flexibility index (Phi) is 2.16. The van der Waals surface area contributed by atoms with Gasteiger partial charge in [-0.3, -0.25) is 0 Å². The number of fused-ring (bicyclic) bond motifs is 1. The van der Waals surface area contributed by atoms with Crippen molar-refractivity contribution in [3.8, 4) is 0 Å². The second-order valence-electron chi connectivity index (χ2n) is 5.05. The molecule has 0 radical (unpaired) electrons. The first-order valence-corrected chi connectivity index (χ1v) is 7.67. The minimum Gasteiger partial charge on any atom is -0.330 e. The summed E-state index contributed by atoms with van der Waals surface area (Å²) in [5.41, 5.74) is 7.12. The molecule has 5 nitrogen and oxygen atoms in total. The molecule has 0 amide bonds. The van der Waals surface area contributed by atoms with E-state index in [2.05, 4.69) is 4.98 Å². The molecule has 1 aromatic heterocycles.